The number of rotatable bonds is 3. The lowest BCUT2D eigenvalue weighted by molar-refractivity contribution is 0.102. The molecule has 114 valence electrons. The highest BCUT2D eigenvalue weighted by Crippen LogP contribution is 2.35. The van der Waals surface area contributed by atoms with Crippen LogP contribution in [0.25, 0.3) is 0 Å². The lowest BCUT2D eigenvalue weighted by atomic mass is 9.88. The summed E-state index contributed by atoms with van der Waals surface area (Å²) in [6.45, 7) is 2.05. The molecule has 0 spiro atoms. The van der Waals surface area contributed by atoms with Crippen LogP contribution in [0.1, 0.15) is 29.3 Å². The molecule has 0 bridgehead atoms. The Labute approximate surface area is 133 Å². The fourth-order valence-corrected chi connectivity index (χ4v) is 3.40. The zero-order valence-corrected chi connectivity index (χ0v) is 13.0. The van der Waals surface area contributed by atoms with E-state index in [9.17, 15) is 4.79 Å². The van der Waals surface area contributed by atoms with Gasteiger partial charge in [0.25, 0.3) is 5.91 Å². The van der Waals surface area contributed by atoms with Gasteiger partial charge in [0.2, 0.25) is 0 Å². The molecule has 0 fully saturated rings. The Morgan fingerprint density at radius 2 is 2.32 bits per heavy atom. The second-order valence-electron chi connectivity index (χ2n) is 5.37. The third-order valence-electron chi connectivity index (χ3n) is 3.72. The molecule has 1 aromatic carbocycles. The number of furan rings is 1. The van der Waals surface area contributed by atoms with Crippen molar-refractivity contribution in [1.82, 2.24) is 0 Å². The maximum atomic E-state index is 12.3. The van der Waals surface area contributed by atoms with Gasteiger partial charge in [-0.05, 0) is 37.1 Å². The van der Waals surface area contributed by atoms with E-state index in [0.717, 1.165) is 17.7 Å². The van der Waals surface area contributed by atoms with Gasteiger partial charge < -0.3 is 15.5 Å². The van der Waals surface area contributed by atoms with Crippen molar-refractivity contribution in [3.63, 3.8) is 0 Å². The van der Waals surface area contributed by atoms with Gasteiger partial charge in [0.05, 0.1) is 17.5 Å². The molecule has 1 amide bonds. The molecular formula is C16H17N3O2S. The standard InChI is InChI=1S/C16H17N3O2S/c1-16(6-8-22-15(17)19-16)12-4-2-3-11(9-12)14(20)18-13-5-7-21-10-13/h2-5,7,9-10H,6,8H2,1H3,(H2,17,19)(H,18,20). The summed E-state index contributed by atoms with van der Waals surface area (Å²) in [5.74, 6) is 0.756. The van der Waals surface area contributed by atoms with Crippen LogP contribution in [-0.2, 0) is 5.54 Å². The van der Waals surface area contributed by atoms with E-state index in [-0.39, 0.29) is 11.4 Å². The monoisotopic (exact) mass is 315 g/mol. The summed E-state index contributed by atoms with van der Waals surface area (Å²) in [7, 11) is 0. The summed E-state index contributed by atoms with van der Waals surface area (Å²) in [6, 6.07) is 9.22. The Kier molecular flexibility index (Phi) is 3.94. The van der Waals surface area contributed by atoms with E-state index in [1.807, 2.05) is 25.1 Å². The molecule has 3 rings (SSSR count). The van der Waals surface area contributed by atoms with Crippen molar-refractivity contribution in [2.24, 2.45) is 10.7 Å². The van der Waals surface area contributed by atoms with Crippen molar-refractivity contribution in [3.05, 3.63) is 54.0 Å². The van der Waals surface area contributed by atoms with Crippen LogP contribution < -0.4 is 11.1 Å². The Hall–Kier alpha value is -2.21. The topological polar surface area (TPSA) is 80.6 Å². The van der Waals surface area contributed by atoms with Gasteiger partial charge in [-0.2, -0.15) is 0 Å². The zero-order valence-electron chi connectivity index (χ0n) is 12.2. The molecule has 2 aromatic rings. The highest BCUT2D eigenvalue weighted by Gasteiger charge is 2.29. The minimum atomic E-state index is -0.374. The minimum absolute atomic E-state index is 0.172. The number of amidine groups is 1. The first-order valence-corrected chi connectivity index (χ1v) is 7.98. The molecule has 1 unspecified atom stereocenters. The Morgan fingerprint density at radius 1 is 1.45 bits per heavy atom. The van der Waals surface area contributed by atoms with E-state index in [0.29, 0.717) is 16.4 Å². The third kappa shape index (κ3) is 3.01. The van der Waals surface area contributed by atoms with Gasteiger partial charge in [0.1, 0.15) is 6.26 Å². The summed E-state index contributed by atoms with van der Waals surface area (Å²) in [5, 5.41) is 3.39. The minimum Gasteiger partial charge on any atom is -0.470 e. The van der Waals surface area contributed by atoms with Crippen LogP contribution in [0.15, 0.2) is 52.3 Å². The predicted molar refractivity (Wildman–Crippen MR) is 89.2 cm³/mol. The number of amides is 1. The maximum absolute atomic E-state index is 12.3. The fourth-order valence-electron chi connectivity index (χ4n) is 2.43. The lowest BCUT2D eigenvalue weighted by Gasteiger charge is -2.30. The van der Waals surface area contributed by atoms with E-state index >= 15 is 0 Å². The second-order valence-corrected chi connectivity index (χ2v) is 6.48. The maximum Gasteiger partial charge on any atom is 0.255 e. The largest absolute Gasteiger partial charge is 0.470 e. The Bertz CT molecular complexity index is 712. The van der Waals surface area contributed by atoms with Gasteiger partial charge >= 0.3 is 0 Å². The van der Waals surface area contributed by atoms with E-state index in [1.54, 1.807) is 23.9 Å². The average Bonchev–Trinajstić information content (AvgIpc) is 3.00. The molecule has 6 heteroatoms. The number of hydrogen-bond acceptors (Lipinski definition) is 5. The molecular weight excluding hydrogens is 298 g/mol. The molecule has 0 saturated heterocycles. The van der Waals surface area contributed by atoms with Gasteiger partial charge in [-0.25, -0.2) is 0 Å². The van der Waals surface area contributed by atoms with Gasteiger partial charge in [-0.15, -0.1) is 0 Å². The first kappa shape index (κ1) is 14.7. The summed E-state index contributed by atoms with van der Waals surface area (Å²) >= 11 is 1.57. The number of nitrogens with one attached hydrogen (secondary N) is 1. The molecule has 0 radical (unpaired) electrons. The van der Waals surface area contributed by atoms with Crippen LogP contribution >= 0.6 is 11.8 Å². The highest BCUT2D eigenvalue weighted by atomic mass is 32.2. The smallest absolute Gasteiger partial charge is 0.255 e. The first-order valence-electron chi connectivity index (χ1n) is 6.99. The second kappa shape index (κ2) is 5.88. The Balaban J connectivity index is 1.86. The summed E-state index contributed by atoms with van der Waals surface area (Å²) in [4.78, 5) is 16.9. The van der Waals surface area contributed by atoms with Crippen LogP contribution in [-0.4, -0.2) is 16.8 Å². The van der Waals surface area contributed by atoms with E-state index in [1.165, 1.54) is 12.5 Å². The molecule has 1 aliphatic rings. The molecule has 3 N–H and O–H groups in total. The number of carbonyl (C=O) groups is 1. The van der Waals surface area contributed by atoms with E-state index in [4.69, 9.17) is 10.2 Å². The van der Waals surface area contributed by atoms with Gasteiger partial charge in [0.15, 0.2) is 5.17 Å². The number of anilines is 1. The summed E-state index contributed by atoms with van der Waals surface area (Å²) in [5.41, 5.74) is 7.71. The van der Waals surface area contributed by atoms with Crippen LogP contribution in [0.3, 0.4) is 0 Å². The SMILES string of the molecule is CC1(c2cccc(C(=O)Nc3ccoc3)c2)CCSC(N)=N1. The number of carbonyl (C=O) groups excluding carboxylic acids is 1. The molecule has 0 aliphatic carbocycles. The number of nitrogens with two attached hydrogens (primary N) is 1. The zero-order chi connectivity index (χ0) is 15.6. The van der Waals surface area contributed by atoms with Crippen LogP contribution in [0.2, 0.25) is 0 Å². The number of aliphatic imine (C=N–C) groups is 1. The molecule has 5 nitrogen and oxygen atoms in total. The van der Waals surface area contributed by atoms with Crippen LogP contribution in [0.5, 0.6) is 0 Å². The van der Waals surface area contributed by atoms with Gasteiger partial charge in [0, 0.05) is 11.3 Å². The summed E-state index contributed by atoms with van der Waals surface area (Å²) in [6.07, 6.45) is 3.90. The van der Waals surface area contributed by atoms with Crippen molar-refractivity contribution in [2.45, 2.75) is 18.9 Å². The average molecular weight is 315 g/mol. The van der Waals surface area contributed by atoms with Crippen LogP contribution in [0, 0.1) is 0 Å². The quantitative estimate of drug-likeness (QED) is 0.911. The lowest BCUT2D eigenvalue weighted by Crippen LogP contribution is -2.29. The first-order chi connectivity index (χ1) is 10.6. The molecule has 22 heavy (non-hydrogen) atoms. The predicted octanol–water partition coefficient (Wildman–Crippen LogP) is 3.20. The number of nitrogens with zero attached hydrogens (tertiary/aromatic N) is 1. The van der Waals surface area contributed by atoms with Crippen molar-refractivity contribution >= 4 is 28.5 Å². The molecule has 1 atom stereocenters. The van der Waals surface area contributed by atoms with Crippen molar-refractivity contribution in [2.75, 3.05) is 11.1 Å². The fraction of sp³-hybridized carbons (Fsp3) is 0.250. The number of thioether (sulfide) groups is 1. The molecule has 2 heterocycles. The number of benzene rings is 1. The van der Waals surface area contributed by atoms with Crippen molar-refractivity contribution in [1.29, 1.82) is 0 Å². The van der Waals surface area contributed by atoms with Gasteiger partial charge in [-0.1, -0.05) is 23.9 Å². The highest BCUT2D eigenvalue weighted by molar-refractivity contribution is 8.13. The summed E-state index contributed by atoms with van der Waals surface area (Å²) < 4.78 is 4.95. The third-order valence-corrected chi connectivity index (χ3v) is 4.52. The van der Waals surface area contributed by atoms with Crippen LogP contribution in [0.4, 0.5) is 5.69 Å². The van der Waals surface area contributed by atoms with E-state index < -0.39 is 0 Å². The molecule has 0 saturated carbocycles. The van der Waals surface area contributed by atoms with Crippen molar-refractivity contribution < 1.29 is 9.21 Å². The van der Waals surface area contributed by atoms with E-state index in [2.05, 4.69) is 10.3 Å². The number of hydrogen-bond donors (Lipinski definition) is 2. The Morgan fingerprint density at radius 3 is 3.05 bits per heavy atom. The van der Waals surface area contributed by atoms with Crippen molar-refractivity contribution in [3.8, 4) is 0 Å². The normalized spacial score (nSPS) is 21.2. The molecule has 1 aliphatic heterocycles. The molecule has 1 aromatic heterocycles. The van der Waals surface area contributed by atoms with Gasteiger partial charge in [-0.3, -0.25) is 9.79 Å².